The van der Waals surface area contributed by atoms with Gasteiger partial charge in [0, 0.05) is 12.6 Å². The number of nitrogens with one attached hydrogen (secondary N) is 2. The SMILES string of the molecule is CCNC(=NCCn1cc([N+](=O)[O-])cn1)NC1CCC(C(C)C)CC1.I. The fourth-order valence-corrected chi connectivity index (χ4v) is 3.28. The summed E-state index contributed by atoms with van der Waals surface area (Å²) in [5.74, 6) is 2.42. The van der Waals surface area contributed by atoms with Crippen LogP contribution >= 0.6 is 24.0 Å². The van der Waals surface area contributed by atoms with Gasteiger partial charge in [-0.1, -0.05) is 13.8 Å². The molecule has 1 saturated carbocycles. The zero-order valence-electron chi connectivity index (χ0n) is 15.9. The van der Waals surface area contributed by atoms with Gasteiger partial charge in [-0.2, -0.15) is 5.10 Å². The lowest BCUT2D eigenvalue weighted by Crippen LogP contribution is -2.45. The minimum absolute atomic E-state index is 0. The molecule has 0 amide bonds. The Kier molecular flexibility index (Phi) is 9.89. The van der Waals surface area contributed by atoms with Crippen molar-refractivity contribution in [1.29, 1.82) is 0 Å². The molecule has 1 aliphatic carbocycles. The first-order valence-corrected chi connectivity index (χ1v) is 9.21. The number of nitro groups is 1. The molecule has 26 heavy (non-hydrogen) atoms. The molecule has 0 atom stereocenters. The Morgan fingerprint density at radius 2 is 2.12 bits per heavy atom. The van der Waals surface area contributed by atoms with Crippen LogP contribution in [0.15, 0.2) is 17.4 Å². The molecule has 1 aromatic heterocycles. The molecule has 0 unspecified atom stereocenters. The molecule has 148 valence electrons. The Morgan fingerprint density at radius 3 is 2.65 bits per heavy atom. The van der Waals surface area contributed by atoms with E-state index in [1.54, 1.807) is 4.68 Å². The van der Waals surface area contributed by atoms with Crippen LogP contribution in [0.3, 0.4) is 0 Å². The maximum Gasteiger partial charge on any atom is 0.306 e. The lowest BCUT2D eigenvalue weighted by Gasteiger charge is -2.32. The predicted octanol–water partition coefficient (Wildman–Crippen LogP) is 3.18. The summed E-state index contributed by atoms with van der Waals surface area (Å²) in [7, 11) is 0. The van der Waals surface area contributed by atoms with Gasteiger partial charge in [-0.3, -0.25) is 19.8 Å². The molecule has 2 N–H and O–H groups in total. The third kappa shape index (κ3) is 7.08. The monoisotopic (exact) mass is 478 g/mol. The predicted molar refractivity (Wildman–Crippen MR) is 114 cm³/mol. The van der Waals surface area contributed by atoms with Gasteiger partial charge < -0.3 is 10.6 Å². The van der Waals surface area contributed by atoms with Crippen molar-refractivity contribution in [2.75, 3.05) is 13.1 Å². The second-order valence-electron chi connectivity index (χ2n) is 6.98. The van der Waals surface area contributed by atoms with Crippen LogP contribution < -0.4 is 10.6 Å². The lowest BCUT2D eigenvalue weighted by molar-refractivity contribution is -0.385. The van der Waals surface area contributed by atoms with E-state index in [-0.39, 0.29) is 29.7 Å². The van der Waals surface area contributed by atoms with E-state index >= 15 is 0 Å². The number of aliphatic imine (C=N–C) groups is 1. The standard InChI is InChI=1S/C17H30N6O2.HI/c1-4-18-17(21-15-7-5-14(6-8-15)13(2)3)19-9-10-22-12-16(11-20-22)23(24)25;/h11-15H,4-10H2,1-3H3,(H2,18,19,21);1H. The molecule has 1 heterocycles. The van der Waals surface area contributed by atoms with Crippen LogP contribution in [0.4, 0.5) is 5.69 Å². The highest BCUT2D eigenvalue weighted by molar-refractivity contribution is 14.0. The Morgan fingerprint density at radius 1 is 1.42 bits per heavy atom. The number of hydrogen-bond donors (Lipinski definition) is 2. The van der Waals surface area contributed by atoms with Gasteiger partial charge in [-0.05, 0) is 44.4 Å². The van der Waals surface area contributed by atoms with Gasteiger partial charge in [0.2, 0.25) is 0 Å². The maximum absolute atomic E-state index is 10.7. The van der Waals surface area contributed by atoms with E-state index in [1.165, 1.54) is 38.1 Å². The van der Waals surface area contributed by atoms with Gasteiger partial charge in [-0.25, -0.2) is 0 Å². The molecule has 0 spiro atoms. The van der Waals surface area contributed by atoms with Gasteiger partial charge in [0.25, 0.3) is 0 Å². The van der Waals surface area contributed by atoms with Gasteiger partial charge in [0.1, 0.15) is 12.4 Å². The molecule has 8 nitrogen and oxygen atoms in total. The normalized spacial score (nSPS) is 20.5. The number of nitrogens with zero attached hydrogens (tertiary/aromatic N) is 4. The number of halogens is 1. The Hall–Kier alpha value is -1.39. The molecule has 1 fully saturated rings. The molecule has 0 radical (unpaired) electrons. The minimum atomic E-state index is -0.439. The third-order valence-corrected chi connectivity index (χ3v) is 4.83. The molecule has 1 aliphatic rings. The summed E-state index contributed by atoms with van der Waals surface area (Å²) in [5.41, 5.74) is 0.0101. The van der Waals surface area contributed by atoms with E-state index in [0.717, 1.165) is 24.3 Å². The highest BCUT2D eigenvalue weighted by Crippen LogP contribution is 2.29. The average Bonchev–Trinajstić information content (AvgIpc) is 3.05. The number of rotatable bonds is 7. The molecule has 2 rings (SSSR count). The van der Waals surface area contributed by atoms with Crippen molar-refractivity contribution in [1.82, 2.24) is 20.4 Å². The molecule has 9 heteroatoms. The largest absolute Gasteiger partial charge is 0.357 e. The van der Waals surface area contributed by atoms with E-state index in [2.05, 4.69) is 34.6 Å². The first-order chi connectivity index (χ1) is 12.0. The van der Waals surface area contributed by atoms with Crippen LogP contribution in [0.25, 0.3) is 0 Å². The number of hydrogen-bond acceptors (Lipinski definition) is 4. The van der Waals surface area contributed by atoms with E-state index in [1.807, 2.05) is 6.92 Å². The summed E-state index contributed by atoms with van der Waals surface area (Å²) in [6.45, 7) is 8.51. The number of guanidine groups is 1. The molecule has 0 aromatic carbocycles. The van der Waals surface area contributed by atoms with Crippen LogP contribution in [-0.4, -0.2) is 39.8 Å². The summed E-state index contributed by atoms with van der Waals surface area (Å²) in [6.07, 6.45) is 7.60. The van der Waals surface area contributed by atoms with Crippen LogP contribution in [0.1, 0.15) is 46.5 Å². The summed E-state index contributed by atoms with van der Waals surface area (Å²) in [6, 6.07) is 0.471. The van der Waals surface area contributed by atoms with Crippen molar-refractivity contribution in [3.63, 3.8) is 0 Å². The highest BCUT2D eigenvalue weighted by Gasteiger charge is 2.23. The maximum atomic E-state index is 10.7. The molecular weight excluding hydrogens is 447 g/mol. The summed E-state index contributed by atoms with van der Waals surface area (Å²) >= 11 is 0. The molecule has 0 bridgehead atoms. The highest BCUT2D eigenvalue weighted by atomic mass is 127. The van der Waals surface area contributed by atoms with E-state index in [4.69, 9.17) is 0 Å². The van der Waals surface area contributed by atoms with Crippen LogP contribution in [0.2, 0.25) is 0 Å². The molecule has 1 aromatic rings. The summed E-state index contributed by atoms with van der Waals surface area (Å²) < 4.78 is 1.55. The van der Waals surface area contributed by atoms with Crippen molar-refractivity contribution >= 4 is 35.6 Å². The fourth-order valence-electron chi connectivity index (χ4n) is 3.28. The topological polar surface area (TPSA) is 97.4 Å². The Balaban J connectivity index is 0.00000338. The average molecular weight is 478 g/mol. The second-order valence-corrected chi connectivity index (χ2v) is 6.98. The summed E-state index contributed by atoms with van der Waals surface area (Å²) in [4.78, 5) is 14.8. The molecule has 0 saturated heterocycles. The van der Waals surface area contributed by atoms with Crippen molar-refractivity contribution in [2.45, 2.75) is 59.0 Å². The van der Waals surface area contributed by atoms with Crippen LogP contribution in [0.5, 0.6) is 0 Å². The fraction of sp³-hybridized carbons (Fsp3) is 0.765. The van der Waals surface area contributed by atoms with Gasteiger partial charge in [0.15, 0.2) is 5.96 Å². The Labute approximate surface area is 172 Å². The van der Waals surface area contributed by atoms with Crippen molar-refractivity contribution in [2.24, 2.45) is 16.8 Å². The zero-order valence-corrected chi connectivity index (χ0v) is 18.2. The molecular formula is C17H31IN6O2. The van der Waals surface area contributed by atoms with Gasteiger partial charge in [-0.15, -0.1) is 24.0 Å². The third-order valence-electron chi connectivity index (χ3n) is 4.83. The first kappa shape index (κ1) is 22.7. The van der Waals surface area contributed by atoms with Crippen molar-refractivity contribution < 1.29 is 4.92 Å². The van der Waals surface area contributed by atoms with E-state index < -0.39 is 4.92 Å². The summed E-state index contributed by atoms with van der Waals surface area (Å²) in [5, 5.41) is 21.5. The number of aromatic nitrogens is 2. The Bertz CT molecular complexity index is 582. The van der Waals surface area contributed by atoms with Crippen molar-refractivity contribution in [3.05, 3.63) is 22.5 Å². The van der Waals surface area contributed by atoms with Crippen LogP contribution in [0, 0.1) is 22.0 Å². The quantitative estimate of drug-likeness (QED) is 0.206. The van der Waals surface area contributed by atoms with E-state index in [0.29, 0.717) is 19.1 Å². The molecule has 0 aliphatic heterocycles. The zero-order chi connectivity index (χ0) is 18.2. The first-order valence-electron chi connectivity index (χ1n) is 9.21. The minimum Gasteiger partial charge on any atom is -0.357 e. The van der Waals surface area contributed by atoms with Crippen molar-refractivity contribution in [3.8, 4) is 0 Å². The lowest BCUT2D eigenvalue weighted by atomic mass is 9.80. The van der Waals surface area contributed by atoms with Gasteiger partial charge in [0.05, 0.1) is 18.0 Å². The van der Waals surface area contributed by atoms with E-state index in [9.17, 15) is 10.1 Å². The smallest absolute Gasteiger partial charge is 0.306 e. The van der Waals surface area contributed by atoms with Crippen LogP contribution in [-0.2, 0) is 6.54 Å². The van der Waals surface area contributed by atoms with Gasteiger partial charge >= 0.3 is 5.69 Å². The second kappa shape index (κ2) is 11.3.